The van der Waals surface area contributed by atoms with Gasteiger partial charge in [0.15, 0.2) is 0 Å². The molecule has 0 saturated carbocycles. The lowest BCUT2D eigenvalue weighted by atomic mass is 10.1. The first-order chi connectivity index (χ1) is 7.76. The van der Waals surface area contributed by atoms with Crippen LogP contribution in [0.1, 0.15) is 25.5 Å². The predicted molar refractivity (Wildman–Crippen MR) is 64.3 cm³/mol. The molecule has 1 aromatic carbocycles. The third-order valence-corrected chi connectivity index (χ3v) is 2.73. The van der Waals surface area contributed by atoms with Crippen molar-refractivity contribution in [3.05, 3.63) is 29.8 Å². The van der Waals surface area contributed by atoms with Crippen LogP contribution in [0.25, 0.3) is 0 Å². The minimum absolute atomic E-state index is 0.166. The molecule has 3 heteroatoms. The summed E-state index contributed by atoms with van der Waals surface area (Å²) in [4.78, 5) is 2.13. The largest absolute Gasteiger partial charge is 0.497 e. The molecule has 86 valence electrons. The second kappa shape index (κ2) is 6.14. The van der Waals surface area contributed by atoms with Crippen LogP contribution in [0.3, 0.4) is 0 Å². The Hall–Kier alpha value is -1.53. The molecule has 1 rings (SSSR count). The Kier molecular flexibility index (Phi) is 4.81. The van der Waals surface area contributed by atoms with E-state index in [0.717, 1.165) is 24.4 Å². The number of nitriles is 1. The molecule has 16 heavy (non-hydrogen) atoms. The second-order valence-corrected chi connectivity index (χ2v) is 3.53. The standard InChI is InChI=1S/C13H18N2O/c1-4-15(5-2)13(10-14)11-6-8-12(16-3)9-7-11/h6-9,13H,4-5H2,1-3H3/t13-/m1/s1. The van der Waals surface area contributed by atoms with E-state index >= 15 is 0 Å². The predicted octanol–water partition coefficient (Wildman–Crippen LogP) is 2.60. The smallest absolute Gasteiger partial charge is 0.123 e. The lowest BCUT2D eigenvalue weighted by Crippen LogP contribution is -2.27. The van der Waals surface area contributed by atoms with Crippen LogP contribution in [0.4, 0.5) is 0 Å². The number of rotatable bonds is 5. The molecule has 0 aliphatic carbocycles. The summed E-state index contributed by atoms with van der Waals surface area (Å²) in [6.45, 7) is 5.89. The van der Waals surface area contributed by atoms with E-state index in [9.17, 15) is 5.26 Å². The van der Waals surface area contributed by atoms with Gasteiger partial charge < -0.3 is 4.74 Å². The maximum Gasteiger partial charge on any atom is 0.123 e. The normalized spacial score (nSPS) is 12.2. The Labute approximate surface area is 97.3 Å². The van der Waals surface area contributed by atoms with Crippen LogP contribution in [0.5, 0.6) is 5.75 Å². The highest BCUT2D eigenvalue weighted by atomic mass is 16.5. The van der Waals surface area contributed by atoms with Crippen molar-refractivity contribution in [1.29, 1.82) is 5.26 Å². The number of hydrogen-bond donors (Lipinski definition) is 0. The molecule has 1 atom stereocenters. The summed E-state index contributed by atoms with van der Waals surface area (Å²) in [5, 5.41) is 9.22. The Morgan fingerprint density at radius 1 is 1.25 bits per heavy atom. The monoisotopic (exact) mass is 218 g/mol. The zero-order valence-electron chi connectivity index (χ0n) is 10.1. The van der Waals surface area contributed by atoms with Gasteiger partial charge in [-0.05, 0) is 30.8 Å². The Balaban J connectivity index is 2.91. The lowest BCUT2D eigenvalue weighted by Gasteiger charge is -2.24. The zero-order chi connectivity index (χ0) is 12.0. The van der Waals surface area contributed by atoms with Crippen LogP contribution in [0.15, 0.2) is 24.3 Å². The molecule has 0 aliphatic heterocycles. The molecule has 1 aromatic rings. The number of ether oxygens (including phenoxy) is 1. The minimum Gasteiger partial charge on any atom is -0.497 e. The second-order valence-electron chi connectivity index (χ2n) is 3.53. The van der Waals surface area contributed by atoms with E-state index in [1.54, 1.807) is 7.11 Å². The molecular formula is C13H18N2O. The van der Waals surface area contributed by atoms with E-state index < -0.39 is 0 Å². The van der Waals surface area contributed by atoms with Gasteiger partial charge in [-0.25, -0.2) is 0 Å². The highest BCUT2D eigenvalue weighted by Crippen LogP contribution is 2.22. The third-order valence-electron chi connectivity index (χ3n) is 2.73. The maximum atomic E-state index is 9.22. The quantitative estimate of drug-likeness (QED) is 0.762. The summed E-state index contributed by atoms with van der Waals surface area (Å²) in [5.41, 5.74) is 1.02. The van der Waals surface area contributed by atoms with Crippen LogP contribution in [0, 0.1) is 11.3 Å². The highest BCUT2D eigenvalue weighted by molar-refractivity contribution is 5.31. The molecule has 0 aromatic heterocycles. The molecule has 0 N–H and O–H groups in total. The molecular weight excluding hydrogens is 200 g/mol. The summed E-state index contributed by atoms with van der Waals surface area (Å²) in [7, 11) is 1.64. The van der Waals surface area contributed by atoms with E-state index in [2.05, 4.69) is 24.8 Å². The van der Waals surface area contributed by atoms with Crippen LogP contribution in [0.2, 0.25) is 0 Å². The number of hydrogen-bond acceptors (Lipinski definition) is 3. The average Bonchev–Trinajstić information content (AvgIpc) is 2.36. The van der Waals surface area contributed by atoms with Gasteiger partial charge in [-0.3, -0.25) is 4.90 Å². The van der Waals surface area contributed by atoms with Crippen LogP contribution >= 0.6 is 0 Å². The SMILES string of the molecule is CCN(CC)[C@H](C#N)c1ccc(OC)cc1. The van der Waals surface area contributed by atoms with E-state index in [1.807, 2.05) is 24.3 Å². The summed E-state index contributed by atoms with van der Waals surface area (Å²) >= 11 is 0. The van der Waals surface area contributed by atoms with E-state index in [-0.39, 0.29) is 6.04 Å². The molecule has 0 unspecified atom stereocenters. The van der Waals surface area contributed by atoms with Crippen molar-refractivity contribution >= 4 is 0 Å². The molecule has 3 nitrogen and oxygen atoms in total. The average molecular weight is 218 g/mol. The van der Waals surface area contributed by atoms with Gasteiger partial charge >= 0.3 is 0 Å². The third kappa shape index (κ3) is 2.74. The van der Waals surface area contributed by atoms with Gasteiger partial charge in [0, 0.05) is 0 Å². The molecule has 0 aliphatic rings. The van der Waals surface area contributed by atoms with Gasteiger partial charge in [0.2, 0.25) is 0 Å². The fraction of sp³-hybridized carbons (Fsp3) is 0.462. The molecule has 0 fully saturated rings. The Morgan fingerprint density at radius 3 is 2.19 bits per heavy atom. The van der Waals surface area contributed by atoms with Crippen molar-refractivity contribution < 1.29 is 4.74 Å². The Morgan fingerprint density at radius 2 is 1.81 bits per heavy atom. The van der Waals surface area contributed by atoms with Gasteiger partial charge in [-0.1, -0.05) is 26.0 Å². The molecule has 0 spiro atoms. The number of nitrogens with zero attached hydrogens (tertiary/aromatic N) is 2. The zero-order valence-corrected chi connectivity index (χ0v) is 10.1. The first-order valence-corrected chi connectivity index (χ1v) is 5.54. The molecule has 0 bridgehead atoms. The van der Waals surface area contributed by atoms with Crippen molar-refractivity contribution in [2.24, 2.45) is 0 Å². The van der Waals surface area contributed by atoms with Gasteiger partial charge in [0.25, 0.3) is 0 Å². The summed E-state index contributed by atoms with van der Waals surface area (Å²) in [6, 6.07) is 9.86. The van der Waals surface area contributed by atoms with Crippen molar-refractivity contribution in [2.45, 2.75) is 19.9 Å². The van der Waals surface area contributed by atoms with E-state index in [0.29, 0.717) is 0 Å². The number of benzene rings is 1. The topological polar surface area (TPSA) is 36.3 Å². The fourth-order valence-electron chi connectivity index (χ4n) is 1.74. The minimum atomic E-state index is -0.166. The fourth-order valence-corrected chi connectivity index (χ4v) is 1.74. The summed E-state index contributed by atoms with van der Waals surface area (Å²) in [6.07, 6.45) is 0. The van der Waals surface area contributed by atoms with Gasteiger partial charge in [-0.2, -0.15) is 5.26 Å². The molecule has 0 amide bonds. The first kappa shape index (κ1) is 12.5. The van der Waals surface area contributed by atoms with Crippen LogP contribution in [-0.4, -0.2) is 25.1 Å². The van der Waals surface area contributed by atoms with Gasteiger partial charge in [-0.15, -0.1) is 0 Å². The van der Waals surface area contributed by atoms with Crippen molar-refractivity contribution in [2.75, 3.05) is 20.2 Å². The van der Waals surface area contributed by atoms with Crippen LogP contribution in [-0.2, 0) is 0 Å². The molecule has 0 heterocycles. The highest BCUT2D eigenvalue weighted by Gasteiger charge is 2.16. The van der Waals surface area contributed by atoms with Crippen molar-refractivity contribution in [3.8, 4) is 11.8 Å². The van der Waals surface area contributed by atoms with Gasteiger partial charge in [0.1, 0.15) is 11.8 Å². The number of methoxy groups -OCH3 is 1. The van der Waals surface area contributed by atoms with E-state index in [4.69, 9.17) is 4.74 Å². The maximum absolute atomic E-state index is 9.22. The van der Waals surface area contributed by atoms with Crippen LogP contribution < -0.4 is 4.74 Å². The summed E-state index contributed by atoms with van der Waals surface area (Å²) < 4.78 is 5.10. The van der Waals surface area contributed by atoms with Crippen molar-refractivity contribution in [3.63, 3.8) is 0 Å². The molecule has 0 saturated heterocycles. The Bertz CT molecular complexity index is 349. The van der Waals surface area contributed by atoms with Crippen molar-refractivity contribution in [1.82, 2.24) is 4.90 Å². The molecule has 0 radical (unpaired) electrons. The van der Waals surface area contributed by atoms with E-state index in [1.165, 1.54) is 0 Å². The van der Waals surface area contributed by atoms with Gasteiger partial charge in [0.05, 0.1) is 13.2 Å². The first-order valence-electron chi connectivity index (χ1n) is 5.54. The summed E-state index contributed by atoms with van der Waals surface area (Å²) in [5.74, 6) is 0.819. The lowest BCUT2D eigenvalue weighted by molar-refractivity contribution is 0.262.